The summed E-state index contributed by atoms with van der Waals surface area (Å²) < 4.78 is 12.9. The zero-order chi connectivity index (χ0) is 12.7. The van der Waals surface area contributed by atoms with Crippen LogP contribution in [0.25, 0.3) is 0 Å². The number of pyridine rings is 1. The number of amides is 1. The molecule has 0 spiro atoms. The molecule has 1 N–H and O–H groups in total. The maximum Gasteiger partial charge on any atom is 0.221 e. The van der Waals surface area contributed by atoms with E-state index in [2.05, 4.69) is 10.3 Å². The van der Waals surface area contributed by atoms with E-state index in [4.69, 9.17) is 0 Å². The Bertz CT molecular complexity index is 441. The molecule has 0 aliphatic carbocycles. The summed E-state index contributed by atoms with van der Waals surface area (Å²) in [4.78, 5) is 15.8. The predicted molar refractivity (Wildman–Crippen MR) is 63.0 cm³/mol. The molecule has 92 valence electrons. The number of rotatable bonds is 2. The van der Waals surface area contributed by atoms with Gasteiger partial charge in [-0.1, -0.05) is 6.92 Å². The summed E-state index contributed by atoms with van der Waals surface area (Å²) in [6, 6.07) is 3.08. The standard InChI is InChI=1S/C13H17FN2O/c1-4-13(7-11(17)16-12(13,2)3)10-6-5-9(14)8-15-10/h5-6,8H,4,7H2,1-3H3,(H,16,17). The minimum Gasteiger partial charge on any atom is -0.350 e. The zero-order valence-electron chi connectivity index (χ0n) is 10.4. The molecule has 1 aliphatic rings. The maximum atomic E-state index is 12.9. The van der Waals surface area contributed by atoms with Gasteiger partial charge in [-0.3, -0.25) is 9.78 Å². The second kappa shape index (κ2) is 3.79. The van der Waals surface area contributed by atoms with Crippen LogP contribution in [0.3, 0.4) is 0 Å². The van der Waals surface area contributed by atoms with Gasteiger partial charge in [0.2, 0.25) is 5.91 Å². The van der Waals surface area contributed by atoms with Crippen molar-refractivity contribution >= 4 is 5.91 Å². The SMILES string of the molecule is CCC1(c2ccc(F)cn2)CC(=O)NC1(C)C. The largest absolute Gasteiger partial charge is 0.350 e. The minimum absolute atomic E-state index is 0.0305. The average molecular weight is 236 g/mol. The summed E-state index contributed by atoms with van der Waals surface area (Å²) in [6.45, 7) is 6.02. The number of hydrogen-bond donors (Lipinski definition) is 1. The maximum absolute atomic E-state index is 12.9. The van der Waals surface area contributed by atoms with E-state index in [0.29, 0.717) is 6.42 Å². The van der Waals surface area contributed by atoms with Crippen LogP contribution >= 0.6 is 0 Å². The molecule has 1 amide bonds. The molecule has 1 aromatic heterocycles. The van der Waals surface area contributed by atoms with Gasteiger partial charge in [0, 0.05) is 23.1 Å². The molecule has 1 aromatic rings. The van der Waals surface area contributed by atoms with E-state index in [1.165, 1.54) is 12.3 Å². The predicted octanol–water partition coefficient (Wildman–Crippen LogP) is 2.17. The number of aromatic nitrogens is 1. The first-order valence-electron chi connectivity index (χ1n) is 5.84. The molecule has 0 aromatic carbocycles. The molecule has 4 heteroatoms. The number of nitrogens with one attached hydrogen (secondary N) is 1. The van der Waals surface area contributed by atoms with Crippen molar-refractivity contribution in [1.29, 1.82) is 0 Å². The third kappa shape index (κ3) is 1.72. The van der Waals surface area contributed by atoms with Crippen molar-refractivity contribution in [3.63, 3.8) is 0 Å². The summed E-state index contributed by atoms with van der Waals surface area (Å²) in [6.07, 6.45) is 2.41. The van der Waals surface area contributed by atoms with Crippen LogP contribution in [-0.2, 0) is 10.2 Å². The quantitative estimate of drug-likeness (QED) is 0.855. The minimum atomic E-state index is -0.357. The molecule has 1 saturated heterocycles. The molecule has 0 radical (unpaired) electrons. The lowest BCUT2D eigenvalue weighted by molar-refractivity contribution is -0.119. The Morgan fingerprint density at radius 3 is 2.59 bits per heavy atom. The van der Waals surface area contributed by atoms with Crippen molar-refractivity contribution in [1.82, 2.24) is 10.3 Å². The summed E-state index contributed by atoms with van der Waals surface area (Å²) in [5.41, 5.74) is 0.0753. The van der Waals surface area contributed by atoms with Crippen LogP contribution in [-0.4, -0.2) is 16.4 Å². The van der Waals surface area contributed by atoms with E-state index in [9.17, 15) is 9.18 Å². The molecular formula is C13H17FN2O. The van der Waals surface area contributed by atoms with Crippen molar-refractivity contribution in [3.8, 4) is 0 Å². The molecule has 0 saturated carbocycles. The molecule has 3 nitrogen and oxygen atoms in total. The van der Waals surface area contributed by atoms with Crippen LogP contribution in [0, 0.1) is 5.82 Å². The lowest BCUT2D eigenvalue weighted by Crippen LogP contribution is -2.50. The number of nitrogens with zero attached hydrogens (tertiary/aromatic N) is 1. The van der Waals surface area contributed by atoms with E-state index in [1.807, 2.05) is 20.8 Å². The topological polar surface area (TPSA) is 42.0 Å². The van der Waals surface area contributed by atoms with Gasteiger partial charge < -0.3 is 5.32 Å². The fourth-order valence-electron chi connectivity index (χ4n) is 2.83. The highest BCUT2D eigenvalue weighted by atomic mass is 19.1. The van der Waals surface area contributed by atoms with Gasteiger partial charge >= 0.3 is 0 Å². The highest BCUT2D eigenvalue weighted by Crippen LogP contribution is 2.44. The Kier molecular flexibility index (Phi) is 2.68. The van der Waals surface area contributed by atoms with E-state index >= 15 is 0 Å². The molecular weight excluding hydrogens is 219 g/mol. The monoisotopic (exact) mass is 236 g/mol. The third-order valence-electron chi connectivity index (χ3n) is 3.93. The number of hydrogen-bond acceptors (Lipinski definition) is 2. The molecule has 1 fully saturated rings. The molecule has 1 unspecified atom stereocenters. The fourth-order valence-corrected chi connectivity index (χ4v) is 2.83. The van der Waals surface area contributed by atoms with Crippen LogP contribution in [0.5, 0.6) is 0 Å². The average Bonchev–Trinajstić information content (AvgIpc) is 2.49. The van der Waals surface area contributed by atoms with Crippen molar-refractivity contribution in [2.24, 2.45) is 0 Å². The summed E-state index contributed by atoms with van der Waals surface area (Å²) >= 11 is 0. The molecule has 2 rings (SSSR count). The normalized spacial score (nSPS) is 26.9. The van der Waals surface area contributed by atoms with Crippen LogP contribution in [0.2, 0.25) is 0 Å². The summed E-state index contributed by atoms with van der Waals surface area (Å²) in [5, 5.41) is 2.98. The van der Waals surface area contributed by atoms with Gasteiger partial charge in [0.25, 0.3) is 0 Å². The molecule has 0 bridgehead atoms. The Labute approximate surface area is 100 Å². The van der Waals surface area contributed by atoms with E-state index < -0.39 is 0 Å². The Balaban J connectivity index is 2.51. The fraction of sp³-hybridized carbons (Fsp3) is 0.538. The smallest absolute Gasteiger partial charge is 0.221 e. The van der Waals surface area contributed by atoms with Gasteiger partial charge in [-0.05, 0) is 32.4 Å². The highest BCUT2D eigenvalue weighted by Gasteiger charge is 2.53. The second-order valence-corrected chi connectivity index (χ2v) is 5.15. The lowest BCUT2D eigenvalue weighted by Gasteiger charge is -2.39. The second-order valence-electron chi connectivity index (χ2n) is 5.15. The lowest BCUT2D eigenvalue weighted by atomic mass is 9.68. The first-order chi connectivity index (χ1) is 7.91. The Morgan fingerprint density at radius 1 is 1.47 bits per heavy atom. The van der Waals surface area contributed by atoms with Crippen LogP contribution in [0.15, 0.2) is 18.3 Å². The van der Waals surface area contributed by atoms with Gasteiger partial charge in [0.15, 0.2) is 0 Å². The number of carbonyl (C=O) groups is 1. The Hall–Kier alpha value is -1.45. The Morgan fingerprint density at radius 2 is 2.18 bits per heavy atom. The van der Waals surface area contributed by atoms with Crippen LogP contribution < -0.4 is 5.32 Å². The molecule has 2 heterocycles. The highest BCUT2D eigenvalue weighted by molar-refractivity contribution is 5.82. The summed E-state index contributed by atoms with van der Waals surface area (Å²) in [7, 11) is 0. The van der Waals surface area contributed by atoms with Gasteiger partial charge in [-0.25, -0.2) is 4.39 Å². The van der Waals surface area contributed by atoms with Crippen molar-refractivity contribution in [3.05, 3.63) is 29.8 Å². The number of halogens is 1. The van der Waals surface area contributed by atoms with E-state index in [-0.39, 0.29) is 22.7 Å². The first kappa shape index (κ1) is 12.0. The van der Waals surface area contributed by atoms with Crippen molar-refractivity contribution in [2.45, 2.75) is 44.6 Å². The van der Waals surface area contributed by atoms with E-state index in [1.54, 1.807) is 6.07 Å². The number of carbonyl (C=O) groups excluding carboxylic acids is 1. The van der Waals surface area contributed by atoms with Gasteiger partial charge in [0.05, 0.1) is 6.20 Å². The van der Waals surface area contributed by atoms with Gasteiger partial charge in [-0.15, -0.1) is 0 Å². The zero-order valence-corrected chi connectivity index (χ0v) is 10.4. The van der Waals surface area contributed by atoms with Crippen molar-refractivity contribution in [2.75, 3.05) is 0 Å². The van der Waals surface area contributed by atoms with Crippen LogP contribution in [0.1, 0.15) is 39.3 Å². The van der Waals surface area contributed by atoms with E-state index in [0.717, 1.165) is 12.1 Å². The van der Waals surface area contributed by atoms with Gasteiger partial charge in [0.1, 0.15) is 5.82 Å². The molecule has 1 aliphatic heterocycles. The first-order valence-corrected chi connectivity index (χ1v) is 5.84. The van der Waals surface area contributed by atoms with Crippen molar-refractivity contribution < 1.29 is 9.18 Å². The van der Waals surface area contributed by atoms with Crippen LogP contribution in [0.4, 0.5) is 4.39 Å². The summed E-state index contributed by atoms with van der Waals surface area (Å²) in [5.74, 6) is -0.321. The van der Waals surface area contributed by atoms with Gasteiger partial charge in [-0.2, -0.15) is 0 Å². The third-order valence-corrected chi connectivity index (χ3v) is 3.93. The molecule has 17 heavy (non-hydrogen) atoms. The molecule has 1 atom stereocenters.